The third-order valence-electron chi connectivity index (χ3n) is 1.91. The van der Waals surface area contributed by atoms with E-state index in [1.54, 1.807) is 19.1 Å². The van der Waals surface area contributed by atoms with Crippen LogP contribution in [0.15, 0.2) is 0 Å². The SMILES string of the molecule is CCCC(C#N)(CC#N)S(C)(F)F. The fourth-order valence-corrected chi connectivity index (χ4v) is 2.14. The van der Waals surface area contributed by atoms with Crippen molar-refractivity contribution in [3.8, 4) is 12.1 Å². The number of hydrogen-bond donors (Lipinski definition) is 0. The van der Waals surface area contributed by atoms with Gasteiger partial charge in [-0.15, -0.1) is 0 Å². The van der Waals surface area contributed by atoms with Crippen LogP contribution in [0.2, 0.25) is 0 Å². The Balaban J connectivity index is 4.92. The van der Waals surface area contributed by atoms with Gasteiger partial charge in [0.1, 0.15) is 0 Å². The third-order valence-corrected chi connectivity index (χ3v) is 3.72. The van der Waals surface area contributed by atoms with Gasteiger partial charge in [0.25, 0.3) is 0 Å². The topological polar surface area (TPSA) is 47.6 Å². The first-order valence-corrected chi connectivity index (χ1v) is 5.73. The highest BCUT2D eigenvalue weighted by atomic mass is 32.3. The van der Waals surface area contributed by atoms with Crippen molar-refractivity contribution in [2.24, 2.45) is 0 Å². The standard InChI is InChI=1S/C8H12F2N2S/c1-3-4-8(7-12,5-6-11)13(2,9)10/h3-5H2,1-2H3. The number of nitriles is 2. The van der Waals surface area contributed by atoms with Crippen molar-refractivity contribution >= 4 is 10.8 Å². The molecule has 0 aliphatic heterocycles. The molecule has 0 aromatic heterocycles. The van der Waals surface area contributed by atoms with E-state index in [0.717, 1.165) is 6.26 Å². The van der Waals surface area contributed by atoms with Crippen molar-refractivity contribution in [3.05, 3.63) is 0 Å². The van der Waals surface area contributed by atoms with E-state index in [0.29, 0.717) is 6.42 Å². The molecule has 0 aliphatic carbocycles. The molecule has 74 valence electrons. The van der Waals surface area contributed by atoms with Crippen LogP contribution in [0.4, 0.5) is 7.77 Å². The minimum Gasteiger partial charge on any atom is -0.198 e. The van der Waals surface area contributed by atoms with E-state index in [-0.39, 0.29) is 12.8 Å². The Kier molecular flexibility index (Phi) is 4.16. The lowest BCUT2D eigenvalue weighted by molar-refractivity contribution is 0.582. The smallest absolute Gasteiger partial charge is 0.152 e. The molecule has 5 heteroatoms. The molecule has 13 heavy (non-hydrogen) atoms. The number of nitrogens with zero attached hydrogens (tertiary/aromatic N) is 2. The highest BCUT2D eigenvalue weighted by Crippen LogP contribution is 2.62. The molecule has 0 saturated heterocycles. The van der Waals surface area contributed by atoms with Crippen molar-refractivity contribution in [1.82, 2.24) is 0 Å². The molecule has 0 rings (SSSR count). The van der Waals surface area contributed by atoms with E-state index in [1.807, 2.05) is 0 Å². The van der Waals surface area contributed by atoms with Crippen molar-refractivity contribution < 1.29 is 7.77 Å². The molecule has 0 amide bonds. The van der Waals surface area contributed by atoms with Gasteiger partial charge in [-0.2, -0.15) is 18.3 Å². The van der Waals surface area contributed by atoms with E-state index in [4.69, 9.17) is 10.5 Å². The van der Waals surface area contributed by atoms with Crippen molar-refractivity contribution in [2.45, 2.75) is 30.9 Å². The Bertz CT molecular complexity index is 248. The van der Waals surface area contributed by atoms with Crippen LogP contribution in [0, 0.1) is 22.7 Å². The van der Waals surface area contributed by atoms with Crippen LogP contribution in [0.3, 0.4) is 0 Å². The molecule has 0 aromatic carbocycles. The predicted molar refractivity (Wildman–Crippen MR) is 49.2 cm³/mol. The molecule has 0 fully saturated rings. The molecule has 0 radical (unpaired) electrons. The second kappa shape index (κ2) is 4.43. The fraction of sp³-hybridized carbons (Fsp3) is 0.750. The van der Waals surface area contributed by atoms with Crippen LogP contribution in [-0.4, -0.2) is 11.0 Å². The van der Waals surface area contributed by atoms with Crippen LogP contribution >= 0.6 is 10.8 Å². The first-order chi connectivity index (χ1) is 5.93. The van der Waals surface area contributed by atoms with Crippen LogP contribution in [-0.2, 0) is 0 Å². The summed E-state index contributed by atoms with van der Waals surface area (Å²) in [4.78, 5) is 0. The van der Waals surface area contributed by atoms with Gasteiger partial charge in [0, 0.05) is 6.26 Å². The van der Waals surface area contributed by atoms with E-state index < -0.39 is 15.5 Å². The zero-order valence-electron chi connectivity index (χ0n) is 7.68. The zero-order valence-corrected chi connectivity index (χ0v) is 8.50. The Morgan fingerprint density at radius 2 is 1.92 bits per heavy atom. The highest BCUT2D eigenvalue weighted by molar-refractivity contribution is 8.26. The van der Waals surface area contributed by atoms with Crippen LogP contribution in [0.25, 0.3) is 0 Å². The summed E-state index contributed by atoms with van der Waals surface area (Å²) in [5.74, 6) is 0. The van der Waals surface area contributed by atoms with Crippen LogP contribution in [0.5, 0.6) is 0 Å². The predicted octanol–water partition coefficient (Wildman–Crippen LogP) is 3.17. The second-order valence-electron chi connectivity index (χ2n) is 2.92. The van der Waals surface area contributed by atoms with Crippen molar-refractivity contribution in [3.63, 3.8) is 0 Å². The molecular weight excluding hydrogens is 194 g/mol. The molecule has 0 spiro atoms. The summed E-state index contributed by atoms with van der Waals surface area (Å²) in [6.45, 7) is 1.73. The first-order valence-electron chi connectivity index (χ1n) is 3.89. The van der Waals surface area contributed by atoms with E-state index in [2.05, 4.69) is 0 Å². The van der Waals surface area contributed by atoms with E-state index in [1.165, 1.54) is 0 Å². The summed E-state index contributed by atoms with van der Waals surface area (Å²) < 4.78 is 24.5. The van der Waals surface area contributed by atoms with Gasteiger partial charge in [-0.1, -0.05) is 13.3 Å². The van der Waals surface area contributed by atoms with Crippen LogP contribution in [0.1, 0.15) is 26.2 Å². The van der Waals surface area contributed by atoms with Gasteiger partial charge in [-0.25, -0.2) is 0 Å². The molecule has 0 N–H and O–H groups in total. The monoisotopic (exact) mass is 206 g/mol. The van der Waals surface area contributed by atoms with Crippen molar-refractivity contribution in [2.75, 3.05) is 6.26 Å². The average Bonchev–Trinajstić information content (AvgIpc) is 2.02. The van der Waals surface area contributed by atoms with Gasteiger partial charge in [-0.05, 0) is 6.42 Å². The molecule has 0 aliphatic rings. The largest absolute Gasteiger partial charge is 0.198 e. The Labute approximate surface area is 79.1 Å². The molecule has 0 heterocycles. The first kappa shape index (κ1) is 12.2. The average molecular weight is 206 g/mol. The maximum atomic E-state index is 13.1. The van der Waals surface area contributed by atoms with Crippen LogP contribution < -0.4 is 0 Å². The summed E-state index contributed by atoms with van der Waals surface area (Å²) in [7, 11) is -3.98. The Morgan fingerprint density at radius 1 is 1.38 bits per heavy atom. The summed E-state index contributed by atoms with van der Waals surface area (Å²) in [5, 5.41) is 17.1. The maximum Gasteiger partial charge on any atom is 0.152 e. The summed E-state index contributed by atoms with van der Waals surface area (Å²) in [6, 6.07) is 3.29. The summed E-state index contributed by atoms with van der Waals surface area (Å²) >= 11 is 0. The highest BCUT2D eigenvalue weighted by Gasteiger charge is 2.46. The number of halogens is 2. The van der Waals surface area contributed by atoms with Gasteiger partial charge >= 0.3 is 0 Å². The van der Waals surface area contributed by atoms with E-state index >= 15 is 0 Å². The van der Waals surface area contributed by atoms with Gasteiger partial charge in [0.05, 0.1) is 29.4 Å². The van der Waals surface area contributed by atoms with Gasteiger partial charge < -0.3 is 0 Å². The van der Waals surface area contributed by atoms with E-state index in [9.17, 15) is 7.77 Å². The molecule has 0 bridgehead atoms. The minimum atomic E-state index is -3.98. The molecule has 0 saturated carbocycles. The summed E-state index contributed by atoms with van der Waals surface area (Å²) in [5.41, 5.74) is 0. The van der Waals surface area contributed by atoms with Gasteiger partial charge in [0.15, 0.2) is 4.75 Å². The fourth-order valence-electron chi connectivity index (χ4n) is 1.10. The maximum absolute atomic E-state index is 13.1. The lowest BCUT2D eigenvalue weighted by Gasteiger charge is -2.32. The molecule has 1 unspecified atom stereocenters. The number of hydrogen-bond acceptors (Lipinski definition) is 2. The van der Waals surface area contributed by atoms with Gasteiger partial charge in [0.2, 0.25) is 0 Å². The number of rotatable bonds is 4. The Hall–Kier alpha value is -0.810. The third kappa shape index (κ3) is 2.57. The molecule has 0 aromatic rings. The summed E-state index contributed by atoms with van der Waals surface area (Å²) in [6.07, 6.45) is 0.987. The van der Waals surface area contributed by atoms with Crippen molar-refractivity contribution in [1.29, 1.82) is 10.5 Å². The molecule has 1 atom stereocenters. The quantitative estimate of drug-likeness (QED) is 0.709. The molecule has 2 nitrogen and oxygen atoms in total. The lowest BCUT2D eigenvalue weighted by Crippen LogP contribution is -2.28. The van der Waals surface area contributed by atoms with Gasteiger partial charge in [-0.3, -0.25) is 0 Å². The Morgan fingerprint density at radius 3 is 2.15 bits per heavy atom. The zero-order chi connectivity index (χ0) is 10.5. The lowest BCUT2D eigenvalue weighted by atomic mass is 10.0. The second-order valence-corrected chi connectivity index (χ2v) is 5.15. The normalized spacial score (nSPS) is 16.8. The molecular formula is C8H12F2N2S. The minimum absolute atomic E-state index is 0.0931.